The van der Waals surface area contributed by atoms with Gasteiger partial charge in [0.1, 0.15) is 17.4 Å². The Kier molecular flexibility index (Phi) is 3.79. The zero-order chi connectivity index (χ0) is 15.9. The average molecular weight is 363 g/mol. The molecular formula is C15H15BrN4O2. The molecule has 3 rings (SSSR count). The number of carbonyl (C=O) groups excluding carboxylic acids is 1. The van der Waals surface area contributed by atoms with Crippen LogP contribution in [0, 0.1) is 11.3 Å². The van der Waals surface area contributed by atoms with Crippen LogP contribution in [0.1, 0.15) is 37.8 Å². The quantitative estimate of drug-likeness (QED) is 0.871. The van der Waals surface area contributed by atoms with Crippen LogP contribution in [0.15, 0.2) is 33.5 Å². The van der Waals surface area contributed by atoms with E-state index in [4.69, 9.17) is 10.5 Å². The third-order valence-corrected chi connectivity index (χ3v) is 4.56. The Balaban J connectivity index is 2.20. The third-order valence-electron chi connectivity index (χ3n) is 3.95. The van der Waals surface area contributed by atoms with Crippen molar-refractivity contribution in [1.82, 2.24) is 9.78 Å². The van der Waals surface area contributed by atoms with Crippen LogP contribution in [0.3, 0.4) is 0 Å². The highest BCUT2D eigenvalue weighted by atomic mass is 79.9. The molecule has 22 heavy (non-hydrogen) atoms. The number of carbonyl (C=O) groups is 1. The van der Waals surface area contributed by atoms with E-state index in [1.807, 2.05) is 13.1 Å². The molecule has 0 fully saturated rings. The molecule has 0 aromatic carbocycles. The topological polar surface area (TPSA) is 93.9 Å². The molecule has 2 aliphatic rings. The van der Waals surface area contributed by atoms with Crippen molar-refractivity contribution in [1.29, 1.82) is 5.26 Å². The minimum Gasteiger partial charge on any atom is -0.444 e. The van der Waals surface area contributed by atoms with Crippen LogP contribution in [0.4, 0.5) is 0 Å². The summed E-state index contributed by atoms with van der Waals surface area (Å²) in [6.45, 7) is 2.67. The van der Waals surface area contributed by atoms with Gasteiger partial charge in [0.15, 0.2) is 5.78 Å². The predicted molar refractivity (Wildman–Crippen MR) is 82.1 cm³/mol. The van der Waals surface area contributed by atoms with Crippen molar-refractivity contribution in [2.45, 2.75) is 38.6 Å². The van der Waals surface area contributed by atoms with E-state index in [2.05, 4.69) is 27.1 Å². The Hall–Kier alpha value is -2.07. The van der Waals surface area contributed by atoms with Crippen molar-refractivity contribution >= 4 is 21.7 Å². The van der Waals surface area contributed by atoms with Crippen LogP contribution >= 0.6 is 15.9 Å². The SMILES string of the molecule is CCn1cc(Br)c([C@@H]2C(C#N)=C(N)OC3=C2C(=O)CCC3)n1. The van der Waals surface area contributed by atoms with Crippen molar-refractivity contribution in [3.63, 3.8) is 0 Å². The molecule has 0 amide bonds. The Labute approximate surface area is 136 Å². The van der Waals surface area contributed by atoms with Gasteiger partial charge in [0, 0.05) is 31.2 Å². The van der Waals surface area contributed by atoms with E-state index in [0.29, 0.717) is 36.4 Å². The van der Waals surface area contributed by atoms with Crippen molar-refractivity contribution < 1.29 is 9.53 Å². The van der Waals surface area contributed by atoms with Crippen molar-refractivity contribution in [3.05, 3.63) is 39.2 Å². The molecule has 2 heterocycles. The maximum absolute atomic E-state index is 12.4. The van der Waals surface area contributed by atoms with E-state index in [-0.39, 0.29) is 17.2 Å². The van der Waals surface area contributed by atoms with Crippen LogP contribution in [0.2, 0.25) is 0 Å². The normalized spacial score (nSPS) is 21.5. The Morgan fingerprint density at radius 2 is 2.36 bits per heavy atom. The number of Topliss-reactive ketones (excluding diaryl/α,β-unsaturated/α-hetero) is 1. The van der Waals surface area contributed by atoms with Gasteiger partial charge in [0.25, 0.3) is 0 Å². The summed E-state index contributed by atoms with van der Waals surface area (Å²) in [5, 5.41) is 14.0. The number of hydrogen-bond donors (Lipinski definition) is 1. The lowest BCUT2D eigenvalue weighted by atomic mass is 9.80. The lowest BCUT2D eigenvalue weighted by Crippen LogP contribution is -2.27. The van der Waals surface area contributed by atoms with E-state index in [9.17, 15) is 10.1 Å². The lowest BCUT2D eigenvalue weighted by molar-refractivity contribution is -0.116. The highest BCUT2D eigenvalue weighted by molar-refractivity contribution is 9.10. The number of ether oxygens (including phenoxy) is 1. The first-order valence-corrected chi connectivity index (χ1v) is 7.92. The third kappa shape index (κ3) is 2.24. The molecule has 0 saturated carbocycles. The summed E-state index contributed by atoms with van der Waals surface area (Å²) >= 11 is 3.48. The molecule has 1 aliphatic carbocycles. The largest absolute Gasteiger partial charge is 0.444 e. The van der Waals surface area contributed by atoms with Gasteiger partial charge in [0.05, 0.1) is 16.1 Å². The second-order valence-electron chi connectivity index (χ2n) is 5.26. The molecule has 0 bridgehead atoms. The summed E-state index contributed by atoms with van der Waals surface area (Å²) in [5.74, 6) is 0.0998. The first-order valence-electron chi connectivity index (χ1n) is 7.13. The summed E-state index contributed by atoms with van der Waals surface area (Å²) in [6.07, 6.45) is 3.69. The maximum Gasteiger partial charge on any atom is 0.205 e. The van der Waals surface area contributed by atoms with Gasteiger partial charge in [-0.05, 0) is 29.3 Å². The van der Waals surface area contributed by atoms with Gasteiger partial charge < -0.3 is 10.5 Å². The van der Waals surface area contributed by atoms with Gasteiger partial charge in [0.2, 0.25) is 5.88 Å². The highest BCUT2D eigenvalue weighted by Gasteiger charge is 2.40. The first-order chi connectivity index (χ1) is 10.6. The standard InChI is InChI=1S/C15H15BrN4O2/c1-2-20-7-9(16)14(19-20)12-8(6-17)15(18)22-11-5-3-4-10(21)13(11)12/h7,12H,2-5,18H2,1H3/t12-/m1/s1. The van der Waals surface area contributed by atoms with Gasteiger partial charge in [-0.1, -0.05) is 0 Å². The first kappa shape index (κ1) is 14.9. The average Bonchev–Trinajstić information content (AvgIpc) is 2.87. The van der Waals surface area contributed by atoms with Crippen LogP contribution in [-0.2, 0) is 16.1 Å². The number of hydrogen-bond acceptors (Lipinski definition) is 5. The van der Waals surface area contributed by atoms with Crippen molar-refractivity contribution in [2.75, 3.05) is 0 Å². The molecule has 1 aliphatic heterocycles. The predicted octanol–water partition coefficient (Wildman–Crippen LogP) is 2.48. The second kappa shape index (κ2) is 5.61. The molecule has 0 unspecified atom stereocenters. The lowest BCUT2D eigenvalue weighted by Gasteiger charge is -2.30. The number of allylic oxidation sites excluding steroid dienone is 3. The van der Waals surface area contributed by atoms with Crippen LogP contribution in [-0.4, -0.2) is 15.6 Å². The van der Waals surface area contributed by atoms with Crippen molar-refractivity contribution in [2.24, 2.45) is 5.73 Å². The van der Waals surface area contributed by atoms with Gasteiger partial charge in [-0.3, -0.25) is 9.48 Å². The number of nitriles is 1. The van der Waals surface area contributed by atoms with Crippen LogP contribution in [0.25, 0.3) is 0 Å². The van der Waals surface area contributed by atoms with Gasteiger partial charge in [-0.25, -0.2) is 0 Å². The number of ketones is 1. The fraction of sp³-hybridized carbons (Fsp3) is 0.400. The monoisotopic (exact) mass is 362 g/mol. The van der Waals surface area contributed by atoms with Crippen LogP contribution < -0.4 is 5.73 Å². The summed E-state index contributed by atoms with van der Waals surface area (Å²) in [7, 11) is 0. The fourth-order valence-corrected chi connectivity index (χ4v) is 3.44. The Bertz CT molecular complexity index is 754. The van der Waals surface area contributed by atoms with E-state index in [1.165, 1.54) is 0 Å². The molecule has 7 heteroatoms. The molecule has 6 nitrogen and oxygen atoms in total. The van der Waals surface area contributed by atoms with E-state index in [1.54, 1.807) is 4.68 Å². The van der Waals surface area contributed by atoms with E-state index < -0.39 is 5.92 Å². The molecular weight excluding hydrogens is 348 g/mol. The zero-order valence-corrected chi connectivity index (χ0v) is 13.7. The Morgan fingerprint density at radius 1 is 1.59 bits per heavy atom. The highest BCUT2D eigenvalue weighted by Crippen LogP contribution is 2.44. The zero-order valence-electron chi connectivity index (χ0n) is 12.1. The smallest absolute Gasteiger partial charge is 0.205 e. The Morgan fingerprint density at radius 3 is 3.00 bits per heavy atom. The minimum absolute atomic E-state index is 0.00412. The van der Waals surface area contributed by atoms with Crippen molar-refractivity contribution in [3.8, 4) is 6.07 Å². The summed E-state index contributed by atoms with van der Waals surface area (Å²) < 4.78 is 8.05. The maximum atomic E-state index is 12.4. The number of aryl methyl sites for hydroxylation is 1. The fourth-order valence-electron chi connectivity index (χ4n) is 2.90. The molecule has 0 saturated heterocycles. The number of nitrogens with two attached hydrogens (primary N) is 1. The second-order valence-corrected chi connectivity index (χ2v) is 6.11. The molecule has 0 spiro atoms. The molecule has 1 atom stereocenters. The summed E-state index contributed by atoms with van der Waals surface area (Å²) in [5.41, 5.74) is 7.30. The van der Waals surface area contributed by atoms with E-state index in [0.717, 1.165) is 10.9 Å². The van der Waals surface area contributed by atoms with Crippen LogP contribution in [0.5, 0.6) is 0 Å². The van der Waals surface area contributed by atoms with Gasteiger partial charge in [-0.2, -0.15) is 10.4 Å². The van der Waals surface area contributed by atoms with E-state index >= 15 is 0 Å². The number of aromatic nitrogens is 2. The molecule has 114 valence electrons. The van der Waals surface area contributed by atoms with Gasteiger partial charge >= 0.3 is 0 Å². The molecule has 1 aromatic heterocycles. The van der Waals surface area contributed by atoms with Gasteiger partial charge in [-0.15, -0.1) is 0 Å². The summed E-state index contributed by atoms with van der Waals surface area (Å²) in [4.78, 5) is 12.4. The minimum atomic E-state index is -0.552. The number of halogens is 1. The number of nitrogens with zero attached hydrogens (tertiary/aromatic N) is 3. The number of rotatable bonds is 2. The summed E-state index contributed by atoms with van der Waals surface area (Å²) in [6, 6.07) is 2.08. The molecule has 1 aromatic rings. The molecule has 0 radical (unpaired) electrons. The molecule has 2 N–H and O–H groups in total.